The number of carbonyl (C=O) groups excluding carboxylic acids is 1. The van der Waals surface area contributed by atoms with Crippen LogP contribution in [-0.2, 0) is 18.3 Å². The summed E-state index contributed by atoms with van der Waals surface area (Å²) in [6, 6.07) is 8.14. The Morgan fingerprint density at radius 1 is 1.28 bits per heavy atom. The second-order valence-electron chi connectivity index (χ2n) is 7.03. The zero-order valence-electron chi connectivity index (χ0n) is 17.5. The van der Waals surface area contributed by atoms with Gasteiger partial charge in [0, 0.05) is 39.4 Å². The molecule has 1 aromatic carbocycles. The van der Waals surface area contributed by atoms with Crippen LogP contribution in [0.1, 0.15) is 18.9 Å². The van der Waals surface area contributed by atoms with Gasteiger partial charge in [0.2, 0.25) is 5.91 Å². The molecule has 2 aromatic rings. The van der Waals surface area contributed by atoms with Gasteiger partial charge in [-0.15, -0.1) is 0 Å². The number of carbonyl (C=O) groups is 1. The number of hydrogen-bond acceptors (Lipinski definition) is 4. The number of nitrogens with one attached hydrogen (secondary N) is 1. The van der Waals surface area contributed by atoms with Crippen molar-refractivity contribution in [2.45, 2.75) is 19.8 Å². The number of rotatable bonds is 7. The molecule has 1 aliphatic rings. The van der Waals surface area contributed by atoms with Crippen molar-refractivity contribution < 1.29 is 9.53 Å². The van der Waals surface area contributed by atoms with E-state index in [1.54, 1.807) is 22.9 Å². The molecule has 1 amide bonds. The van der Waals surface area contributed by atoms with E-state index in [1.807, 2.05) is 37.2 Å². The zero-order valence-corrected chi connectivity index (χ0v) is 17.5. The molecule has 0 aliphatic carbocycles. The van der Waals surface area contributed by atoms with Gasteiger partial charge >= 0.3 is 0 Å². The maximum absolute atomic E-state index is 12.6. The third kappa shape index (κ3) is 5.49. The minimum atomic E-state index is 0.0630. The van der Waals surface area contributed by atoms with E-state index >= 15 is 0 Å². The quantitative estimate of drug-likeness (QED) is 0.436. The van der Waals surface area contributed by atoms with Crippen molar-refractivity contribution in [3.8, 4) is 5.75 Å². The molecule has 0 spiro atoms. The second kappa shape index (κ2) is 9.95. The first kappa shape index (κ1) is 20.7. The number of amides is 1. The Balaban J connectivity index is 1.54. The topological polar surface area (TPSA) is 75.0 Å². The molecule has 1 fully saturated rings. The standard InChI is InChI=1S/C21H30N6O2/c1-4-22-21(23-11-5-6-17-7-9-19(29-3)10-8-17)26-12-13-27(20(28)16-26)18-14-24-25(2)15-18/h7-10,14-15H,4-6,11-13,16H2,1-3H3,(H,22,23). The fourth-order valence-electron chi connectivity index (χ4n) is 3.36. The highest BCUT2D eigenvalue weighted by atomic mass is 16.5. The lowest BCUT2D eigenvalue weighted by Crippen LogP contribution is -2.55. The highest BCUT2D eigenvalue weighted by Crippen LogP contribution is 2.16. The fourth-order valence-corrected chi connectivity index (χ4v) is 3.36. The van der Waals surface area contributed by atoms with Crippen molar-refractivity contribution in [2.24, 2.45) is 12.0 Å². The molecule has 3 rings (SSSR count). The van der Waals surface area contributed by atoms with Crippen LogP contribution in [0.2, 0.25) is 0 Å². The summed E-state index contributed by atoms with van der Waals surface area (Å²) in [4.78, 5) is 21.2. The molecule has 0 bridgehead atoms. The minimum Gasteiger partial charge on any atom is -0.497 e. The number of piperazine rings is 1. The number of aromatic nitrogens is 2. The highest BCUT2D eigenvalue weighted by molar-refractivity contribution is 5.98. The summed E-state index contributed by atoms with van der Waals surface area (Å²) in [6.07, 6.45) is 5.50. The lowest BCUT2D eigenvalue weighted by molar-refractivity contribution is -0.120. The molecule has 8 heteroatoms. The first-order valence-corrected chi connectivity index (χ1v) is 10.1. The SMILES string of the molecule is CCNC(=NCCCc1ccc(OC)cc1)N1CCN(c2cnn(C)c2)C(=O)C1. The Morgan fingerprint density at radius 2 is 2.07 bits per heavy atom. The number of nitrogens with zero attached hydrogens (tertiary/aromatic N) is 5. The number of guanidine groups is 1. The van der Waals surface area contributed by atoms with Crippen LogP contribution in [-0.4, -0.2) is 66.4 Å². The van der Waals surface area contributed by atoms with Crippen molar-refractivity contribution in [1.29, 1.82) is 0 Å². The smallest absolute Gasteiger partial charge is 0.246 e. The molecule has 0 unspecified atom stereocenters. The molecule has 0 radical (unpaired) electrons. The molecular weight excluding hydrogens is 368 g/mol. The molecule has 156 valence electrons. The summed E-state index contributed by atoms with van der Waals surface area (Å²) in [5.74, 6) is 1.74. The highest BCUT2D eigenvalue weighted by Gasteiger charge is 2.27. The van der Waals surface area contributed by atoms with Gasteiger partial charge in [0.1, 0.15) is 12.3 Å². The first-order valence-electron chi connectivity index (χ1n) is 10.1. The van der Waals surface area contributed by atoms with Gasteiger partial charge in [0.25, 0.3) is 0 Å². The van der Waals surface area contributed by atoms with Crippen LogP contribution in [0.25, 0.3) is 0 Å². The van der Waals surface area contributed by atoms with Gasteiger partial charge in [-0.05, 0) is 37.5 Å². The molecule has 8 nitrogen and oxygen atoms in total. The summed E-state index contributed by atoms with van der Waals surface area (Å²) in [6.45, 7) is 5.21. The Labute approximate surface area is 172 Å². The second-order valence-corrected chi connectivity index (χ2v) is 7.03. The van der Waals surface area contributed by atoms with Crippen LogP contribution in [0.15, 0.2) is 41.7 Å². The van der Waals surface area contributed by atoms with Gasteiger partial charge in [0.15, 0.2) is 5.96 Å². The van der Waals surface area contributed by atoms with E-state index in [-0.39, 0.29) is 5.91 Å². The van der Waals surface area contributed by atoms with E-state index in [9.17, 15) is 4.79 Å². The molecule has 1 aliphatic heterocycles. The number of ether oxygens (including phenoxy) is 1. The molecule has 1 saturated heterocycles. The predicted molar refractivity (Wildman–Crippen MR) is 114 cm³/mol. The molecule has 29 heavy (non-hydrogen) atoms. The third-order valence-electron chi connectivity index (χ3n) is 4.90. The lowest BCUT2D eigenvalue weighted by Gasteiger charge is -2.35. The van der Waals surface area contributed by atoms with Crippen molar-refractivity contribution >= 4 is 17.6 Å². The Bertz CT molecular complexity index is 830. The normalized spacial score (nSPS) is 15.0. The van der Waals surface area contributed by atoms with Crippen molar-refractivity contribution in [2.75, 3.05) is 44.7 Å². The van der Waals surface area contributed by atoms with Gasteiger partial charge in [-0.25, -0.2) is 0 Å². The molecule has 0 saturated carbocycles. The summed E-state index contributed by atoms with van der Waals surface area (Å²) in [5, 5.41) is 7.48. The molecule has 0 atom stereocenters. The average molecular weight is 399 g/mol. The van der Waals surface area contributed by atoms with Crippen molar-refractivity contribution in [3.05, 3.63) is 42.2 Å². The number of methoxy groups -OCH3 is 1. The monoisotopic (exact) mass is 398 g/mol. The van der Waals surface area contributed by atoms with Gasteiger partial charge in [-0.1, -0.05) is 12.1 Å². The Kier molecular flexibility index (Phi) is 7.10. The minimum absolute atomic E-state index is 0.0630. The Morgan fingerprint density at radius 3 is 2.69 bits per heavy atom. The van der Waals surface area contributed by atoms with Crippen molar-refractivity contribution in [1.82, 2.24) is 20.0 Å². The van der Waals surface area contributed by atoms with Gasteiger partial charge in [-0.3, -0.25) is 14.5 Å². The number of hydrogen-bond donors (Lipinski definition) is 1. The predicted octanol–water partition coefficient (Wildman–Crippen LogP) is 1.68. The van der Waals surface area contributed by atoms with E-state index in [2.05, 4.69) is 22.5 Å². The summed E-state index contributed by atoms with van der Waals surface area (Å²) >= 11 is 0. The summed E-state index contributed by atoms with van der Waals surface area (Å²) in [7, 11) is 3.53. The van der Waals surface area contributed by atoms with Gasteiger partial charge < -0.3 is 19.9 Å². The number of benzene rings is 1. The largest absolute Gasteiger partial charge is 0.497 e. The first-order chi connectivity index (χ1) is 14.1. The van der Waals surface area contributed by atoms with E-state index in [1.165, 1.54) is 5.56 Å². The Hall–Kier alpha value is -3.03. The van der Waals surface area contributed by atoms with Crippen LogP contribution < -0.4 is 15.0 Å². The van der Waals surface area contributed by atoms with E-state index in [4.69, 9.17) is 9.73 Å². The molecule has 2 heterocycles. The third-order valence-corrected chi connectivity index (χ3v) is 4.90. The van der Waals surface area contributed by atoms with E-state index in [0.29, 0.717) is 19.6 Å². The number of aryl methyl sites for hydroxylation is 2. The summed E-state index contributed by atoms with van der Waals surface area (Å²) < 4.78 is 6.91. The summed E-state index contributed by atoms with van der Waals surface area (Å²) in [5.41, 5.74) is 2.12. The fraction of sp³-hybridized carbons (Fsp3) is 0.476. The molecular formula is C21H30N6O2. The number of aliphatic imine (C=N–C) groups is 1. The van der Waals surface area contributed by atoms with E-state index in [0.717, 1.165) is 43.3 Å². The average Bonchev–Trinajstić information content (AvgIpc) is 3.16. The van der Waals surface area contributed by atoms with E-state index < -0.39 is 0 Å². The van der Waals surface area contributed by atoms with Crippen LogP contribution >= 0.6 is 0 Å². The number of anilines is 1. The lowest BCUT2D eigenvalue weighted by atomic mass is 10.1. The zero-order chi connectivity index (χ0) is 20.6. The van der Waals surface area contributed by atoms with Crippen LogP contribution in [0, 0.1) is 0 Å². The van der Waals surface area contributed by atoms with Crippen LogP contribution in [0.5, 0.6) is 5.75 Å². The van der Waals surface area contributed by atoms with Crippen LogP contribution in [0.3, 0.4) is 0 Å². The maximum atomic E-state index is 12.6. The molecule has 1 N–H and O–H groups in total. The van der Waals surface area contributed by atoms with Gasteiger partial charge in [-0.2, -0.15) is 5.10 Å². The van der Waals surface area contributed by atoms with Crippen molar-refractivity contribution in [3.63, 3.8) is 0 Å². The van der Waals surface area contributed by atoms with Crippen LogP contribution in [0.4, 0.5) is 5.69 Å². The van der Waals surface area contributed by atoms with Gasteiger partial charge in [0.05, 0.1) is 19.0 Å². The maximum Gasteiger partial charge on any atom is 0.246 e. The molecule has 1 aromatic heterocycles.